The average molecular weight is 198 g/mol. The zero-order chi connectivity index (χ0) is 11.1. The summed E-state index contributed by atoms with van der Waals surface area (Å²) < 4.78 is 0. The Morgan fingerprint density at radius 1 is 1.27 bits per heavy atom. The Bertz CT molecular complexity index is 366. The molecule has 0 radical (unpaired) electrons. The highest BCUT2D eigenvalue weighted by atomic mass is 14.1. The van der Waals surface area contributed by atoms with E-state index in [-0.39, 0.29) is 0 Å². The van der Waals surface area contributed by atoms with Crippen molar-refractivity contribution in [2.24, 2.45) is 0 Å². The Morgan fingerprint density at radius 3 is 2.40 bits per heavy atom. The van der Waals surface area contributed by atoms with Gasteiger partial charge in [0.05, 0.1) is 0 Å². The molecule has 0 aliphatic rings. The molecular formula is C15H18. The Labute approximate surface area is 92.6 Å². The molecular weight excluding hydrogens is 180 g/mol. The fraction of sp³-hybridized carbons (Fsp3) is 0.200. The van der Waals surface area contributed by atoms with Crippen molar-refractivity contribution in [3.05, 3.63) is 66.3 Å². The van der Waals surface area contributed by atoms with Gasteiger partial charge in [0.15, 0.2) is 0 Å². The second kappa shape index (κ2) is 6.02. The van der Waals surface area contributed by atoms with Gasteiger partial charge in [-0.25, -0.2) is 0 Å². The average Bonchev–Trinajstić information content (AvgIpc) is 2.30. The Kier molecular flexibility index (Phi) is 4.62. The van der Waals surface area contributed by atoms with Crippen LogP contribution in [-0.2, 0) is 0 Å². The summed E-state index contributed by atoms with van der Waals surface area (Å²) in [6.45, 7) is 8.07. The molecule has 0 bridgehead atoms. The highest BCUT2D eigenvalue weighted by Gasteiger charge is 2.01. The molecule has 0 unspecified atom stereocenters. The molecule has 0 aliphatic carbocycles. The van der Waals surface area contributed by atoms with Crippen molar-refractivity contribution in [1.29, 1.82) is 0 Å². The third-order valence-electron chi connectivity index (χ3n) is 2.39. The van der Waals surface area contributed by atoms with E-state index < -0.39 is 0 Å². The van der Waals surface area contributed by atoms with Gasteiger partial charge < -0.3 is 0 Å². The van der Waals surface area contributed by atoms with E-state index in [1.54, 1.807) is 0 Å². The summed E-state index contributed by atoms with van der Waals surface area (Å²) >= 11 is 0. The molecule has 15 heavy (non-hydrogen) atoms. The predicted octanol–water partition coefficient (Wildman–Crippen LogP) is 4.61. The number of rotatable bonds is 4. The first-order valence-electron chi connectivity index (χ1n) is 5.37. The molecule has 0 nitrogen and oxygen atoms in total. The monoisotopic (exact) mass is 198 g/mol. The van der Waals surface area contributed by atoms with Crippen LogP contribution in [0.15, 0.2) is 60.7 Å². The maximum Gasteiger partial charge on any atom is -0.0156 e. The molecule has 0 heterocycles. The van der Waals surface area contributed by atoms with Gasteiger partial charge in [-0.3, -0.25) is 0 Å². The first-order valence-corrected chi connectivity index (χ1v) is 5.37. The van der Waals surface area contributed by atoms with Crippen LogP contribution >= 0.6 is 0 Å². The van der Waals surface area contributed by atoms with Crippen LogP contribution < -0.4 is 0 Å². The maximum absolute atomic E-state index is 3.87. The highest BCUT2D eigenvalue weighted by molar-refractivity contribution is 5.78. The summed E-state index contributed by atoms with van der Waals surface area (Å²) in [6, 6.07) is 10.4. The fourth-order valence-electron chi connectivity index (χ4n) is 1.62. The zero-order valence-corrected chi connectivity index (χ0v) is 9.53. The van der Waals surface area contributed by atoms with E-state index in [0.717, 1.165) is 6.42 Å². The molecule has 78 valence electrons. The molecule has 0 fully saturated rings. The van der Waals surface area contributed by atoms with Gasteiger partial charge in [-0.15, -0.1) is 0 Å². The Morgan fingerprint density at radius 2 is 1.93 bits per heavy atom. The minimum atomic E-state index is 1.01. The van der Waals surface area contributed by atoms with Gasteiger partial charge in [0.1, 0.15) is 0 Å². The molecule has 0 amide bonds. The van der Waals surface area contributed by atoms with Crippen LogP contribution in [-0.4, -0.2) is 0 Å². The number of benzene rings is 1. The van der Waals surface area contributed by atoms with Crippen LogP contribution in [0.25, 0.3) is 5.57 Å². The van der Waals surface area contributed by atoms with Crippen molar-refractivity contribution in [3.63, 3.8) is 0 Å². The molecule has 1 rings (SSSR count). The van der Waals surface area contributed by atoms with Crippen molar-refractivity contribution in [3.8, 4) is 0 Å². The number of allylic oxidation sites excluding steroid dienone is 5. The normalized spacial score (nSPS) is 12.7. The lowest BCUT2D eigenvalue weighted by atomic mass is 9.98. The minimum Gasteiger partial charge on any atom is -0.0988 e. The molecule has 0 aromatic heterocycles. The largest absolute Gasteiger partial charge is 0.0988 e. The van der Waals surface area contributed by atoms with E-state index in [2.05, 4.69) is 49.9 Å². The third kappa shape index (κ3) is 2.95. The van der Waals surface area contributed by atoms with E-state index in [0.29, 0.717) is 0 Å². The summed E-state index contributed by atoms with van der Waals surface area (Å²) in [5.41, 5.74) is 3.82. The first kappa shape index (κ1) is 11.5. The second-order valence-electron chi connectivity index (χ2n) is 3.36. The first-order chi connectivity index (χ1) is 7.33. The van der Waals surface area contributed by atoms with Crippen molar-refractivity contribution in [2.75, 3.05) is 0 Å². The topological polar surface area (TPSA) is 0 Å². The zero-order valence-electron chi connectivity index (χ0n) is 9.53. The molecule has 0 N–H and O–H groups in total. The third-order valence-corrected chi connectivity index (χ3v) is 2.39. The lowest BCUT2D eigenvalue weighted by Gasteiger charge is -2.07. The van der Waals surface area contributed by atoms with Crippen molar-refractivity contribution in [1.82, 2.24) is 0 Å². The van der Waals surface area contributed by atoms with Crippen LogP contribution in [0.2, 0.25) is 0 Å². The molecule has 1 aromatic rings. The highest BCUT2D eigenvalue weighted by Crippen LogP contribution is 2.22. The Balaban J connectivity index is 3.25. The van der Waals surface area contributed by atoms with Crippen LogP contribution in [0.3, 0.4) is 0 Å². The van der Waals surface area contributed by atoms with E-state index >= 15 is 0 Å². The van der Waals surface area contributed by atoms with Crippen molar-refractivity contribution < 1.29 is 0 Å². The summed E-state index contributed by atoms with van der Waals surface area (Å²) in [4.78, 5) is 0. The number of hydrogen-bond donors (Lipinski definition) is 0. The maximum atomic E-state index is 3.87. The molecule has 1 aromatic carbocycles. The quantitative estimate of drug-likeness (QED) is 0.620. The molecule has 0 aliphatic heterocycles. The molecule has 0 saturated heterocycles. The summed E-state index contributed by atoms with van der Waals surface area (Å²) in [7, 11) is 0. The standard InChI is InChI=1S/C15H18/c1-4-10-15(13(5-2)6-3)14-11-8-7-9-12-14/h4-5,7-12H,2,6H2,1,3H3/b10-4-,15-13-. The summed E-state index contributed by atoms with van der Waals surface area (Å²) in [6.07, 6.45) is 7.18. The van der Waals surface area contributed by atoms with Gasteiger partial charge in [-0.05, 0) is 30.1 Å². The van der Waals surface area contributed by atoms with Crippen LogP contribution in [0.5, 0.6) is 0 Å². The molecule has 0 atom stereocenters. The van der Waals surface area contributed by atoms with Gasteiger partial charge >= 0.3 is 0 Å². The predicted molar refractivity (Wildman–Crippen MR) is 68.7 cm³/mol. The van der Waals surface area contributed by atoms with Crippen molar-refractivity contribution >= 4 is 5.57 Å². The SMILES string of the molecule is C=C/C(CC)=C(\C=C/C)c1ccccc1. The lowest BCUT2D eigenvalue weighted by molar-refractivity contribution is 1.16. The lowest BCUT2D eigenvalue weighted by Crippen LogP contribution is -1.86. The molecule has 0 heteroatoms. The second-order valence-corrected chi connectivity index (χ2v) is 3.36. The van der Waals surface area contributed by atoms with E-state index in [9.17, 15) is 0 Å². The summed E-state index contributed by atoms with van der Waals surface area (Å²) in [5, 5.41) is 0. The van der Waals surface area contributed by atoms with Crippen LogP contribution in [0, 0.1) is 0 Å². The molecule has 0 saturated carbocycles. The van der Waals surface area contributed by atoms with Gasteiger partial charge in [0.2, 0.25) is 0 Å². The van der Waals surface area contributed by atoms with Gasteiger partial charge in [-0.2, -0.15) is 0 Å². The minimum absolute atomic E-state index is 1.01. The van der Waals surface area contributed by atoms with Gasteiger partial charge in [-0.1, -0.05) is 62.1 Å². The Hall–Kier alpha value is -1.56. The molecule has 0 spiro atoms. The van der Waals surface area contributed by atoms with Crippen molar-refractivity contribution in [2.45, 2.75) is 20.3 Å². The fourth-order valence-corrected chi connectivity index (χ4v) is 1.62. The smallest absolute Gasteiger partial charge is 0.0156 e. The number of hydrogen-bond acceptors (Lipinski definition) is 0. The van der Waals surface area contributed by atoms with Crippen LogP contribution in [0.1, 0.15) is 25.8 Å². The van der Waals surface area contributed by atoms with Gasteiger partial charge in [0.25, 0.3) is 0 Å². The summed E-state index contributed by atoms with van der Waals surface area (Å²) in [5.74, 6) is 0. The van der Waals surface area contributed by atoms with E-state index in [4.69, 9.17) is 0 Å². The van der Waals surface area contributed by atoms with E-state index in [1.165, 1.54) is 16.7 Å². The van der Waals surface area contributed by atoms with Gasteiger partial charge in [0, 0.05) is 0 Å². The van der Waals surface area contributed by atoms with E-state index in [1.807, 2.05) is 19.1 Å². The van der Waals surface area contributed by atoms with Crippen LogP contribution in [0.4, 0.5) is 0 Å².